The highest BCUT2D eigenvalue weighted by Crippen LogP contribution is 2.16. The molecule has 0 aliphatic heterocycles. The molecule has 0 fully saturated rings. The maximum atomic E-state index is 13.8. The Bertz CT molecular complexity index is 517. The first-order valence-corrected chi connectivity index (χ1v) is 7.36. The lowest BCUT2D eigenvalue weighted by Gasteiger charge is -2.06. The van der Waals surface area contributed by atoms with Gasteiger partial charge in [-0.25, -0.2) is 4.39 Å². The monoisotopic (exact) mass is 291 g/mol. The number of unbranched alkanes of at least 4 members (excludes halogenated alkanes) is 4. The Balaban J connectivity index is 2.45. The van der Waals surface area contributed by atoms with E-state index in [1.54, 1.807) is 6.07 Å². The fourth-order valence-corrected chi connectivity index (χ4v) is 1.94. The zero-order valence-electron chi connectivity index (χ0n) is 12.4. The largest absolute Gasteiger partial charge is 0.384 e. The van der Waals surface area contributed by atoms with Gasteiger partial charge in [0.1, 0.15) is 12.4 Å². The second-order valence-electron chi connectivity index (χ2n) is 4.87. The van der Waals surface area contributed by atoms with Gasteiger partial charge in [0.15, 0.2) is 0 Å². The highest BCUT2D eigenvalue weighted by molar-refractivity contribution is 5.90. The summed E-state index contributed by atoms with van der Waals surface area (Å²) in [7, 11) is 0. The minimum atomic E-state index is -0.515. The number of aliphatic hydroxyl groups excluding tert-OH is 1. The summed E-state index contributed by atoms with van der Waals surface area (Å²) in [5.74, 6) is 4.38. The number of rotatable bonds is 7. The number of carbonyl (C=O) groups is 1. The number of halogens is 1. The van der Waals surface area contributed by atoms with Crippen LogP contribution in [0.4, 0.5) is 10.1 Å². The predicted molar refractivity (Wildman–Crippen MR) is 82.4 cm³/mol. The Morgan fingerprint density at radius 1 is 1.29 bits per heavy atom. The van der Waals surface area contributed by atoms with Crippen LogP contribution in [0.15, 0.2) is 18.2 Å². The van der Waals surface area contributed by atoms with Gasteiger partial charge in [0.25, 0.3) is 0 Å². The third kappa shape index (κ3) is 6.92. The van der Waals surface area contributed by atoms with Gasteiger partial charge >= 0.3 is 0 Å². The minimum absolute atomic E-state index is 0.167. The maximum Gasteiger partial charge on any atom is 0.224 e. The molecule has 21 heavy (non-hydrogen) atoms. The number of aliphatic hydroxyl groups is 1. The zero-order chi connectivity index (χ0) is 15.5. The van der Waals surface area contributed by atoms with Crippen molar-refractivity contribution >= 4 is 11.6 Å². The highest BCUT2D eigenvalue weighted by Gasteiger charge is 2.07. The van der Waals surface area contributed by atoms with Gasteiger partial charge in [-0.15, -0.1) is 0 Å². The summed E-state index contributed by atoms with van der Waals surface area (Å²) >= 11 is 0. The van der Waals surface area contributed by atoms with Crippen molar-refractivity contribution in [1.82, 2.24) is 0 Å². The molecule has 3 nitrogen and oxygen atoms in total. The van der Waals surface area contributed by atoms with E-state index in [9.17, 15) is 9.18 Å². The van der Waals surface area contributed by atoms with Crippen LogP contribution < -0.4 is 5.32 Å². The molecule has 4 heteroatoms. The smallest absolute Gasteiger partial charge is 0.224 e. The molecule has 0 atom stereocenters. The number of hydrogen-bond donors (Lipinski definition) is 2. The van der Waals surface area contributed by atoms with Crippen molar-refractivity contribution in [1.29, 1.82) is 0 Å². The number of hydrogen-bond acceptors (Lipinski definition) is 2. The van der Waals surface area contributed by atoms with E-state index in [1.807, 2.05) is 0 Å². The first kappa shape index (κ1) is 17.2. The molecule has 1 aromatic carbocycles. The van der Waals surface area contributed by atoms with Crippen LogP contribution in [-0.4, -0.2) is 17.6 Å². The second-order valence-corrected chi connectivity index (χ2v) is 4.87. The molecule has 2 N–H and O–H groups in total. The highest BCUT2D eigenvalue weighted by atomic mass is 19.1. The molecule has 0 spiro atoms. The molecule has 114 valence electrons. The van der Waals surface area contributed by atoms with Crippen LogP contribution >= 0.6 is 0 Å². The summed E-state index contributed by atoms with van der Waals surface area (Å²) in [6, 6.07) is 4.35. The fraction of sp³-hybridized carbons (Fsp3) is 0.471. The fourth-order valence-electron chi connectivity index (χ4n) is 1.94. The van der Waals surface area contributed by atoms with Crippen LogP contribution in [0.3, 0.4) is 0 Å². The molecule has 0 unspecified atom stereocenters. The van der Waals surface area contributed by atoms with E-state index in [1.165, 1.54) is 25.0 Å². The van der Waals surface area contributed by atoms with Crippen LogP contribution in [-0.2, 0) is 4.79 Å². The van der Waals surface area contributed by atoms with Crippen molar-refractivity contribution in [3.8, 4) is 11.8 Å². The average Bonchev–Trinajstić information content (AvgIpc) is 2.47. The summed E-state index contributed by atoms with van der Waals surface area (Å²) in [6.45, 7) is 1.88. The lowest BCUT2D eigenvalue weighted by molar-refractivity contribution is -0.116. The second kappa shape index (κ2) is 9.95. The van der Waals surface area contributed by atoms with Gasteiger partial charge in [0, 0.05) is 12.0 Å². The predicted octanol–water partition coefficient (Wildman–Crippen LogP) is 3.47. The van der Waals surface area contributed by atoms with E-state index in [2.05, 4.69) is 24.1 Å². The molecule has 1 aromatic rings. The van der Waals surface area contributed by atoms with Gasteiger partial charge in [-0.2, -0.15) is 0 Å². The molecule has 0 saturated heterocycles. The molecule has 0 heterocycles. The number of benzene rings is 1. The molecule has 0 saturated carbocycles. The van der Waals surface area contributed by atoms with Crippen molar-refractivity contribution in [2.24, 2.45) is 0 Å². The van der Waals surface area contributed by atoms with Crippen molar-refractivity contribution in [3.05, 3.63) is 29.6 Å². The van der Waals surface area contributed by atoms with Crippen LogP contribution in [0.5, 0.6) is 0 Å². The maximum absolute atomic E-state index is 13.8. The molecular formula is C17H22FNO2. The minimum Gasteiger partial charge on any atom is -0.384 e. The van der Waals surface area contributed by atoms with Crippen molar-refractivity contribution in [2.45, 2.75) is 45.4 Å². The van der Waals surface area contributed by atoms with E-state index in [0.29, 0.717) is 12.0 Å². The topological polar surface area (TPSA) is 49.3 Å². The molecule has 0 aliphatic carbocycles. The van der Waals surface area contributed by atoms with E-state index >= 15 is 0 Å². The molecule has 0 aliphatic rings. The van der Waals surface area contributed by atoms with Crippen molar-refractivity contribution in [2.75, 3.05) is 11.9 Å². The molecule has 0 aromatic heterocycles. The zero-order valence-corrected chi connectivity index (χ0v) is 12.4. The lowest BCUT2D eigenvalue weighted by Crippen LogP contribution is -2.12. The standard InChI is InChI=1S/C17H22FNO2/c1-2-3-4-5-6-9-17(21)19-16-11-10-14(8-7-12-20)13-15(16)18/h10-11,13,20H,2-6,9,12H2,1H3,(H,19,21). The molecular weight excluding hydrogens is 269 g/mol. The lowest BCUT2D eigenvalue weighted by atomic mass is 10.1. The third-order valence-electron chi connectivity index (χ3n) is 3.06. The van der Waals surface area contributed by atoms with Crippen LogP contribution in [0.2, 0.25) is 0 Å². The third-order valence-corrected chi connectivity index (χ3v) is 3.06. The quantitative estimate of drug-likeness (QED) is 0.597. The summed E-state index contributed by atoms with van der Waals surface area (Å²) in [4.78, 5) is 11.7. The van der Waals surface area contributed by atoms with Crippen molar-refractivity contribution in [3.63, 3.8) is 0 Å². The molecule has 0 bridgehead atoms. The van der Waals surface area contributed by atoms with Gasteiger partial charge in [-0.3, -0.25) is 4.79 Å². The van der Waals surface area contributed by atoms with E-state index in [4.69, 9.17) is 5.11 Å². The first-order chi connectivity index (χ1) is 10.2. The summed E-state index contributed by atoms with van der Waals surface area (Å²) in [5, 5.41) is 11.2. The Labute approximate surface area is 125 Å². The number of anilines is 1. The Morgan fingerprint density at radius 3 is 2.71 bits per heavy atom. The first-order valence-electron chi connectivity index (χ1n) is 7.36. The van der Waals surface area contributed by atoms with Crippen LogP contribution in [0, 0.1) is 17.7 Å². The van der Waals surface area contributed by atoms with Gasteiger partial charge in [-0.1, -0.05) is 44.4 Å². The molecule has 0 radical (unpaired) electrons. The normalized spacial score (nSPS) is 9.86. The van der Waals surface area contributed by atoms with Gasteiger partial charge in [-0.05, 0) is 24.6 Å². The summed E-state index contributed by atoms with van der Waals surface area (Å²) < 4.78 is 13.8. The van der Waals surface area contributed by atoms with E-state index < -0.39 is 5.82 Å². The summed E-state index contributed by atoms with van der Waals surface area (Å²) in [5.41, 5.74) is 0.641. The molecule has 1 rings (SSSR count). The molecule has 1 amide bonds. The number of nitrogens with one attached hydrogen (secondary N) is 1. The number of amides is 1. The number of carbonyl (C=O) groups excluding carboxylic acids is 1. The van der Waals surface area contributed by atoms with Gasteiger partial charge < -0.3 is 10.4 Å². The van der Waals surface area contributed by atoms with Crippen LogP contribution in [0.25, 0.3) is 0 Å². The Kier molecular flexibility index (Phi) is 8.15. The summed E-state index contributed by atoms with van der Waals surface area (Å²) in [6.07, 6.45) is 5.76. The average molecular weight is 291 g/mol. The van der Waals surface area contributed by atoms with Crippen LogP contribution in [0.1, 0.15) is 51.0 Å². The van der Waals surface area contributed by atoms with E-state index in [0.717, 1.165) is 19.3 Å². The van der Waals surface area contributed by atoms with Gasteiger partial charge in [0.2, 0.25) is 5.91 Å². The SMILES string of the molecule is CCCCCCCC(=O)Nc1ccc(C#CCO)cc1F. The van der Waals surface area contributed by atoms with Gasteiger partial charge in [0.05, 0.1) is 5.69 Å². The van der Waals surface area contributed by atoms with E-state index in [-0.39, 0.29) is 18.2 Å². The Morgan fingerprint density at radius 2 is 2.05 bits per heavy atom. The van der Waals surface area contributed by atoms with Crippen molar-refractivity contribution < 1.29 is 14.3 Å². The Hall–Kier alpha value is -1.86.